The van der Waals surface area contributed by atoms with Gasteiger partial charge in [0.2, 0.25) is 15.9 Å². The Bertz CT molecular complexity index is 1380. The molecule has 2 aliphatic heterocycles. The molecule has 6 nitrogen and oxygen atoms in total. The molecule has 3 heterocycles. The predicted octanol–water partition coefficient (Wildman–Crippen LogP) is 4.16. The van der Waals surface area contributed by atoms with E-state index in [0.717, 1.165) is 39.3 Å². The number of nitrogens with zero attached hydrogens (tertiary/aromatic N) is 2. The molecule has 2 aliphatic rings. The molecule has 1 N–H and O–H groups in total. The van der Waals surface area contributed by atoms with Crippen molar-refractivity contribution in [3.8, 4) is 0 Å². The first-order chi connectivity index (χ1) is 16.3. The van der Waals surface area contributed by atoms with E-state index in [9.17, 15) is 22.0 Å². The van der Waals surface area contributed by atoms with Gasteiger partial charge in [-0.25, -0.2) is 17.2 Å². The van der Waals surface area contributed by atoms with E-state index >= 15 is 0 Å². The highest BCUT2D eigenvalue weighted by Crippen LogP contribution is 2.31. The lowest BCUT2D eigenvalue weighted by Gasteiger charge is -2.34. The monoisotopic (exact) mass is 485 g/mol. The standard InChI is InChI=1S/C25H25F2N3O3S/c26-19-5-6-22(27)24(15-19)34(32,33)30-13-9-18(10-14-30)25(31)29-11-7-17(8-12-29)21-16-28-23-4-2-1-3-20(21)23/h1-7,15-16,18,28H,8-14H2. The molecule has 0 atom stereocenters. The molecule has 0 aliphatic carbocycles. The molecule has 0 unspecified atom stereocenters. The van der Waals surface area contributed by atoms with Gasteiger partial charge in [0.15, 0.2) is 0 Å². The Morgan fingerprint density at radius 3 is 2.53 bits per heavy atom. The Kier molecular flexibility index (Phi) is 5.99. The number of sulfonamides is 1. The van der Waals surface area contributed by atoms with Crippen LogP contribution >= 0.6 is 0 Å². The van der Waals surface area contributed by atoms with Gasteiger partial charge < -0.3 is 9.88 Å². The summed E-state index contributed by atoms with van der Waals surface area (Å²) in [6.45, 7) is 1.32. The Balaban J connectivity index is 1.22. The summed E-state index contributed by atoms with van der Waals surface area (Å²) in [5.41, 5.74) is 3.45. The van der Waals surface area contributed by atoms with Crippen LogP contribution in [0, 0.1) is 17.6 Å². The van der Waals surface area contributed by atoms with E-state index in [0.29, 0.717) is 32.0 Å². The van der Waals surface area contributed by atoms with Crippen LogP contribution in [0.3, 0.4) is 0 Å². The number of rotatable bonds is 4. The maximum absolute atomic E-state index is 14.0. The largest absolute Gasteiger partial charge is 0.361 e. The maximum Gasteiger partial charge on any atom is 0.246 e. The molecule has 0 saturated carbocycles. The zero-order chi connectivity index (χ0) is 23.9. The smallest absolute Gasteiger partial charge is 0.246 e. The second-order valence-electron chi connectivity index (χ2n) is 8.76. The van der Waals surface area contributed by atoms with E-state index < -0.39 is 26.6 Å². The maximum atomic E-state index is 14.0. The van der Waals surface area contributed by atoms with Crippen LogP contribution in [0.2, 0.25) is 0 Å². The number of aromatic nitrogens is 1. The summed E-state index contributed by atoms with van der Waals surface area (Å²) in [6, 6.07) is 10.5. The van der Waals surface area contributed by atoms with E-state index in [4.69, 9.17) is 0 Å². The lowest BCUT2D eigenvalue weighted by molar-refractivity contribution is -0.136. The number of hydrogen-bond donors (Lipinski definition) is 1. The van der Waals surface area contributed by atoms with Gasteiger partial charge in [-0.3, -0.25) is 4.79 Å². The zero-order valence-electron chi connectivity index (χ0n) is 18.5. The minimum absolute atomic E-state index is 0.0169. The topological polar surface area (TPSA) is 73.5 Å². The molecule has 0 spiro atoms. The fourth-order valence-corrected chi connectivity index (χ4v) is 6.41. The third-order valence-electron chi connectivity index (χ3n) is 6.77. The van der Waals surface area contributed by atoms with E-state index in [1.807, 2.05) is 29.3 Å². The lowest BCUT2D eigenvalue weighted by Crippen LogP contribution is -2.45. The number of amides is 1. The van der Waals surface area contributed by atoms with E-state index in [2.05, 4.69) is 17.1 Å². The summed E-state index contributed by atoms with van der Waals surface area (Å²) in [7, 11) is -4.16. The van der Waals surface area contributed by atoms with Gasteiger partial charge in [-0.05, 0) is 49.1 Å². The summed E-state index contributed by atoms with van der Waals surface area (Å²) >= 11 is 0. The number of para-hydroxylation sites is 1. The highest BCUT2D eigenvalue weighted by atomic mass is 32.2. The Morgan fingerprint density at radius 1 is 1.03 bits per heavy atom. The number of H-pyrrole nitrogens is 1. The van der Waals surface area contributed by atoms with Crippen LogP contribution in [0.25, 0.3) is 16.5 Å². The minimum Gasteiger partial charge on any atom is -0.361 e. The SMILES string of the molecule is O=C(C1CCN(S(=O)(=O)c2cc(F)ccc2F)CC1)N1CC=C(c2c[nH]c3ccccc23)CC1. The molecule has 1 saturated heterocycles. The molecule has 9 heteroatoms. The molecule has 2 aromatic carbocycles. The summed E-state index contributed by atoms with van der Waals surface area (Å²) in [4.78, 5) is 17.5. The summed E-state index contributed by atoms with van der Waals surface area (Å²) in [6.07, 6.45) is 5.55. The van der Waals surface area contributed by atoms with Gasteiger partial charge in [0, 0.05) is 54.8 Å². The van der Waals surface area contributed by atoms with Gasteiger partial charge in [-0.1, -0.05) is 24.3 Å². The number of nitrogens with one attached hydrogen (secondary N) is 1. The number of carbonyl (C=O) groups is 1. The Hall–Kier alpha value is -3.04. The normalized spacial score (nSPS) is 18.3. The summed E-state index contributed by atoms with van der Waals surface area (Å²) < 4.78 is 54.3. The number of aromatic amines is 1. The number of carbonyl (C=O) groups excluding carboxylic acids is 1. The summed E-state index contributed by atoms with van der Waals surface area (Å²) in [5.74, 6) is -2.06. The first kappa shape index (κ1) is 22.7. The number of fused-ring (bicyclic) bond motifs is 1. The molecule has 178 valence electrons. The molecule has 0 bridgehead atoms. The Morgan fingerprint density at radius 2 is 1.79 bits per heavy atom. The molecule has 3 aromatic rings. The first-order valence-electron chi connectivity index (χ1n) is 11.3. The van der Waals surface area contributed by atoms with Gasteiger partial charge in [0.25, 0.3) is 0 Å². The molecular formula is C25H25F2N3O3S. The van der Waals surface area contributed by atoms with Crippen molar-refractivity contribution in [3.05, 3.63) is 71.9 Å². The van der Waals surface area contributed by atoms with E-state index in [1.54, 1.807) is 0 Å². The quantitative estimate of drug-likeness (QED) is 0.603. The van der Waals surface area contributed by atoms with E-state index in [1.165, 1.54) is 5.57 Å². The van der Waals surface area contributed by atoms with Gasteiger partial charge in [0.1, 0.15) is 16.5 Å². The zero-order valence-corrected chi connectivity index (χ0v) is 19.3. The molecule has 1 aromatic heterocycles. The molecule has 5 rings (SSSR count). The molecule has 1 fully saturated rings. The number of piperidine rings is 1. The van der Waals surface area contributed by atoms with Gasteiger partial charge >= 0.3 is 0 Å². The number of hydrogen-bond acceptors (Lipinski definition) is 3. The molecule has 1 amide bonds. The third kappa shape index (κ3) is 4.14. The van der Waals surface area contributed by atoms with Crippen molar-refractivity contribution in [1.82, 2.24) is 14.2 Å². The second-order valence-corrected chi connectivity index (χ2v) is 10.7. The van der Waals surface area contributed by atoms with Crippen LogP contribution in [-0.2, 0) is 14.8 Å². The highest BCUT2D eigenvalue weighted by Gasteiger charge is 2.35. The fourth-order valence-electron chi connectivity index (χ4n) is 4.87. The van der Waals surface area contributed by atoms with E-state index in [-0.39, 0.29) is 24.9 Å². The van der Waals surface area contributed by atoms with Crippen LogP contribution in [0.5, 0.6) is 0 Å². The van der Waals surface area contributed by atoms with Gasteiger partial charge in [0.05, 0.1) is 0 Å². The summed E-state index contributed by atoms with van der Waals surface area (Å²) in [5, 5.41) is 1.16. The second kappa shape index (κ2) is 8.96. The van der Waals surface area contributed by atoms with Crippen LogP contribution in [-0.4, -0.2) is 54.7 Å². The minimum atomic E-state index is -4.16. The van der Waals surface area contributed by atoms with Crippen molar-refractivity contribution in [2.45, 2.75) is 24.2 Å². The van der Waals surface area contributed by atoms with Crippen molar-refractivity contribution in [1.29, 1.82) is 0 Å². The van der Waals surface area contributed by atoms with Crippen LogP contribution in [0.1, 0.15) is 24.8 Å². The predicted molar refractivity (Wildman–Crippen MR) is 125 cm³/mol. The van der Waals surface area contributed by atoms with Crippen molar-refractivity contribution >= 4 is 32.4 Å². The van der Waals surface area contributed by atoms with Crippen molar-refractivity contribution in [3.63, 3.8) is 0 Å². The lowest BCUT2D eigenvalue weighted by atomic mass is 9.94. The fraction of sp³-hybridized carbons (Fsp3) is 0.320. The van der Waals surface area contributed by atoms with Crippen molar-refractivity contribution < 1.29 is 22.0 Å². The third-order valence-corrected chi connectivity index (χ3v) is 8.68. The van der Waals surface area contributed by atoms with Crippen molar-refractivity contribution in [2.24, 2.45) is 5.92 Å². The average molecular weight is 486 g/mol. The van der Waals surface area contributed by atoms with Crippen molar-refractivity contribution in [2.75, 3.05) is 26.2 Å². The Labute approximate surface area is 196 Å². The highest BCUT2D eigenvalue weighted by molar-refractivity contribution is 7.89. The first-order valence-corrected chi connectivity index (χ1v) is 12.8. The molecular weight excluding hydrogens is 460 g/mol. The average Bonchev–Trinajstić information content (AvgIpc) is 3.29. The molecule has 0 radical (unpaired) electrons. The van der Waals surface area contributed by atoms with Crippen LogP contribution < -0.4 is 0 Å². The number of benzene rings is 2. The van der Waals surface area contributed by atoms with Crippen LogP contribution in [0.4, 0.5) is 8.78 Å². The number of halogens is 2. The van der Waals surface area contributed by atoms with Crippen LogP contribution in [0.15, 0.2) is 59.6 Å². The van der Waals surface area contributed by atoms with Gasteiger partial charge in [-0.2, -0.15) is 4.31 Å². The molecule has 34 heavy (non-hydrogen) atoms. The van der Waals surface area contributed by atoms with Gasteiger partial charge in [-0.15, -0.1) is 0 Å².